The zero-order chi connectivity index (χ0) is 24.1. The van der Waals surface area contributed by atoms with Crippen molar-refractivity contribution in [2.75, 3.05) is 16.8 Å². The number of rotatable bonds is 5. The number of alkyl halides is 2. The molecule has 1 unspecified atom stereocenters. The molecule has 12 heteroatoms. The molecular weight excluding hydrogens is 461 g/mol. The highest BCUT2D eigenvalue weighted by molar-refractivity contribution is 7.91. The van der Waals surface area contributed by atoms with Gasteiger partial charge in [0.1, 0.15) is 29.2 Å². The number of sulfone groups is 1. The summed E-state index contributed by atoms with van der Waals surface area (Å²) in [4.78, 5) is 21.1. The van der Waals surface area contributed by atoms with E-state index in [-0.39, 0.29) is 40.2 Å². The molecule has 33 heavy (non-hydrogen) atoms. The zero-order valence-electron chi connectivity index (χ0n) is 17.7. The van der Waals surface area contributed by atoms with Gasteiger partial charge in [0.2, 0.25) is 0 Å². The van der Waals surface area contributed by atoms with Crippen molar-refractivity contribution in [1.29, 1.82) is 0 Å². The number of anilines is 1. The van der Waals surface area contributed by atoms with Crippen LogP contribution in [0.4, 0.5) is 19.0 Å². The Kier molecular flexibility index (Phi) is 5.69. The molecule has 3 aromatic rings. The highest BCUT2D eigenvalue weighted by Gasteiger charge is 2.44. The van der Waals surface area contributed by atoms with Gasteiger partial charge in [0.15, 0.2) is 9.84 Å². The number of pyridine rings is 1. The normalized spacial score (nSPS) is 20.9. The molecule has 1 fully saturated rings. The van der Waals surface area contributed by atoms with Crippen LogP contribution in [-0.4, -0.2) is 39.6 Å². The fraction of sp³-hybridized carbons (Fsp3) is 0.381. The van der Waals surface area contributed by atoms with E-state index in [1.54, 1.807) is 6.92 Å². The van der Waals surface area contributed by atoms with Gasteiger partial charge in [0.05, 0.1) is 34.1 Å². The van der Waals surface area contributed by atoms with Gasteiger partial charge >= 0.3 is 0 Å². The lowest BCUT2D eigenvalue weighted by atomic mass is 9.93. The Morgan fingerprint density at radius 1 is 1.24 bits per heavy atom. The van der Waals surface area contributed by atoms with Gasteiger partial charge in [-0.1, -0.05) is 18.2 Å². The molecule has 0 spiro atoms. The molecule has 3 heterocycles. The van der Waals surface area contributed by atoms with Crippen LogP contribution in [0.2, 0.25) is 0 Å². The molecule has 1 aliphatic heterocycles. The third-order valence-corrected chi connectivity index (χ3v) is 7.65. The van der Waals surface area contributed by atoms with Crippen molar-refractivity contribution in [3.8, 4) is 0 Å². The smallest absolute Gasteiger partial charge is 0.266 e. The largest absolute Gasteiger partial charge is 0.384 e. The van der Waals surface area contributed by atoms with E-state index in [1.807, 2.05) is 0 Å². The first-order chi connectivity index (χ1) is 15.4. The lowest BCUT2D eigenvalue weighted by Gasteiger charge is -2.23. The summed E-state index contributed by atoms with van der Waals surface area (Å²) >= 11 is 0. The summed E-state index contributed by atoms with van der Waals surface area (Å²) < 4.78 is 65.9. The summed E-state index contributed by atoms with van der Waals surface area (Å²) in [6.07, 6.45) is -1.93. The summed E-state index contributed by atoms with van der Waals surface area (Å²) in [6.45, 7) is 1.56. The van der Waals surface area contributed by atoms with Gasteiger partial charge in [-0.3, -0.25) is 9.36 Å². The van der Waals surface area contributed by atoms with Crippen molar-refractivity contribution in [1.82, 2.24) is 14.5 Å². The first-order valence-corrected chi connectivity index (χ1v) is 11.9. The molecule has 2 N–H and O–H groups in total. The first-order valence-electron chi connectivity index (χ1n) is 10.0. The maximum atomic E-state index is 14.6. The van der Waals surface area contributed by atoms with Crippen LogP contribution in [0.1, 0.15) is 42.5 Å². The first kappa shape index (κ1) is 23.2. The summed E-state index contributed by atoms with van der Waals surface area (Å²) in [5.74, 6) is -1.71. The second-order valence-electron chi connectivity index (χ2n) is 8.17. The predicted octanol–water partition coefficient (Wildman–Crippen LogP) is 2.58. The molecule has 176 valence electrons. The van der Waals surface area contributed by atoms with Gasteiger partial charge in [-0.15, -0.1) is 0 Å². The Balaban J connectivity index is 1.81. The fourth-order valence-electron chi connectivity index (χ4n) is 4.12. The lowest BCUT2D eigenvalue weighted by Crippen LogP contribution is -2.36. The molecule has 1 aliphatic rings. The maximum Gasteiger partial charge on any atom is 0.266 e. The average Bonchev–Trinajstić information content (AvgIpc) is 3.04. The summed E-state index contributed by atoms with van der Waals surface area (Å²) in [5.41, 5.74) is -3.11. The van der Waals surface area contributed by atoms with Gasteiger partial charge < -0.3 is 10.4 Å². The van der Waals surface area contributed by atoms with Crippen LogP contribution in [0.5, 0.6) is 0 Å². The van der Waals surface area contributed by atoms with Crippen LogP contribution in [0.15, 0.2) is 35.4 Å². The minimum Gasteiger partial charge on any atom is -0.384 e. The molecule has 1 saturated heterocycles. The van der Waals surface area contributed by atoms with Crippen LogP contribution in [0.25, 0.3) is 11.0 Å². The van der Waals surface area contributed by atoms with Crippen LogP contribution < -0.4 is 10.9 Å². The number of aryl methyl sites for hydroxylation is 1. The third-order valence-electron chi connectivity index (χ3n) is 5.90. The molecule has 0 aliphatic carbocycles. The molecule has 4 rings (SSSR count). The number of aliphatic hydroxyl groups is 1. The highest BCUT2D eigenvalue weighted by atomic mass is 32.2. The number of halogens is 3. The summed E-state index contributed by atoms with van der Waals surface area (Å²) in [7, 11) is -2.09. The van der Waals surface area contributed by atoms with Gasteiger partial charge in [-0.25, -0.2) is 31.6 Å². The number of nitrogens with zero attached hydrogens (tertiary/aromatic N) is 3. The third kappa shape index (κ3) is 4.08. The molecule has 0 saturated carbocycles. The van der Waals surface area contributed by atoms with Crippen molar-refractivity contribution in [2.45, 2.75) is 31.4 Å². The Morgan fingerprint density at radius 3 is 2.58 bits per heavy atom. The number of hydrogen-bond acceptors (Lipinski definition) is 7. The van der Waals surface area contributed by atoms with Crippen molar-refractivity contribution in [3.63, 3.8) is 0 Å². The van der Waals surface area contributed by atoms with Crippen LogP contribution in [0.3, 0.4) is 0 Å². The average molecular weight is 482 g/mol. The molecular formula is C21H21F3N4O4S. The summed E-state index contributed by atoms with van der Waals surface area (Å²) in [5, 5.41) is 14.2. The van der Waals surface area contributed by atoms with E-state index >= 15 is 0 Å². The Bertz CT molecular complexity index is 1410. The van der Waals surface area contributed by atoms with E-state index < -0.39 is 50.6 Å². The minimum atomic E-state index is -3.51. The number of fused-ring (bicyclic) bond motifs is 1. The van der Waals surface area contributed by atoms with Crippen molar-refractivity contribution in [3.05, 3.63) is 63.5 Å². The molecule has 2 aromatic heterocycles. The maximum absolute atomic E-state index is 14.6. The standard InChI is InChI=1S/C21H21F3N4O4S/c1-11(12-4-3-5-13(16(12)22)17(23)24)27-18-14-8-15(21(30)6-7-33(31,32)9-21)20(29)28(2)19(14)26-10-25-18/h3-5,8,10-11,17,30H,6-7,9H2,1-2H3,(H,25,26,27)/t11-,21?/m1/s1. The summed E-state index contributed by atoms with van der Waals surface area (Å²) in [6, 6.07) is 4.25. The Morgan fingerprint density at radius 2 is 1.94 bits per heavy atom. The Labute approximate surface area is 187 Å². The molecule has 8 nitrogen and oxygen atoms in total. The Hall–Kier alpha value is -2.99. The second-order valence-corrected chi connectivity index (χ2v) is 10.4. The molecule has 1 aromatic carbocycles. The SMILES string of the molecule is C[C@@H](Nc1ncnc2c1cc(C1(O)CCS(=O)(=O)C1)c(=O)n2C)c1cccc(C(F)F)c1F. The van der Waals surface area contributed by atoms with Gasteiger partial charge in [0.25, 0.3) is 12.0 Å². The molecule has 0 bridgehead atoms. The van der Waals surface area contributed by atoms with E-state index in [0.717, 1.165) is 6.07 Å². The van der Waals surface area contributed by atoms with E-state index in [2.05, 4.69) is 15.3 Å². The highest BCUT2D eigenvalue weighted by Crippen LogP contribution is 2.34. The van der Waals surface area contributed by atoms with E-state index in [0.29, 0.717) is 0 Å². The number of hydrogen-bond donors (Lipinski definition) is 2. The van der Waals surface area contributed by atoms with Crippen LogP contribution in [0, 0.1) is 5.82 Å². The molecule has 0 radical (unpaired) electrons. The zero-order valence-corrected chi connectivity index (χ0v) is 18.5. The topological polar surface area (TPSA) is 114 Å². The minimum absolute atomic E-state index is 0.00915. The van der Waals surface area contributed by atoms with E-state index in [9.17, 15) is 31.5 Å². The number of benzene rings is 1. The second kappa shape index (κ2) is 8.10. The van der Waals surface area contributed by atoms with Gasteiger partial charge in [-0.05, 0) is 19.4 Å². The van der Waals surface area contributed by atoms with Crippen molar-refractivity contribution >= 4 is 26.7 Å². The fourth-order valence-corrected chi connectivity index (χ4v) is 5.94. The molecule has 2 atom stereocenters. The van der Waals surface area contributed by atoms with E-state index in [1.165, 1.54) is 36.1 Å². The van der Waals surface area contributed by atoms with Crippen LogP contribution in [-0.2, 0) is 22.5 Å². The molecule has 0 amide bonds. The number of aromatic nitrogens is 3. The lowest BCUT2D eigenvalue weighted by molar-refractivity contribution is 0.0636. The quantitative estimate of drug-likeness (QED) is 0.575. The van der Waals surface area contributed by atoms with Gasteiger partial charge in [-0.2, -0.15) is 0 Å². The number of nitrogens with one attached hydrogen (secondary N) is 1. The van der Waals surface area contributed by atoms with Crippen LogP contribution >= 0.6 is 0 Å². The monoisotopic (exact) mass is 482 g/mol. The van der Waals surface area contributed by atoms with Gasteiger partial charge in [0, 0.05) is 12.6 Å². The van der Waals surface area contributed by atoms with E-state index in [4.69, 9.17) is 0 Å². The van der Waals surface area contributed by atoms with Crippen molar-refractivity contribution < 1.29 is 26.7 Å². The predicted molar refractivity (Wildman–Crippen MR) is 115 cm³/mol. The van der Waals surface area contributed by atoms with Crippen molar-refractivity contribution in [2.24, 2.45) is 7.05 Å².